The number of ether oxygens (including phenoxy) is 1. The van der Waals surface area contributed by atoms with Crippen molar-refractivity contribution in [3.05, 3.63) is 72.5 Å². The van der Waals surface area contributed by atoms with Crippen LogP contribution < -0.4 is 10.0 Å². The molecule has 2 rings (SSSR count). The molecule has 0 aliphatic carbocycles. The van der Waals surface area contributed by atoms with Gasteiger partial charge in [0, 0.05) is 11.0 Å². The lowest BCUT2D eigenvalue weighted by Crippen LogP contribution is -2.13. The minimum atomic E-state index is -2.82. The van der Waals surface area contributed by atoms with E-state index in [1.54, 1.807) is 7.11 Å². The van der Waals surface area contributed by atoms with E-state index >= 15 is 0 Å². The van der Waals surface area contributed by atoms with E-state index in [1.807, 2.05) is 68.4 Å². The lowest BCUT2D eigenvalue weighted by Gasteiger charge is -2.24. The lowest BCUT2D eigenvalue weighted by molar-refractivity contribution is 0.415. The highest BCUT2D eigenvalue weighted by Crippen LogP contribution is 2.60. The maximum Gasteiger partial charge on any atom is 0.153 e. The molecule has 1 atom stereocenters. The number of rotatable bonds is 5. The first-order valence-corrected chi connectivity index (χ1v) is 9.02. The second-order valence-corrected chi connectivity index (χ2v) is 8.65. The number of hydrogen-bond donors (Lipinski definition) is 0. The highest BCUT2D eigenvalue weighted by Gasteiger charge is 2.34. The van der Waals surface area contributed by atoms with E-state index in [1.165, 1.54) is 0 Å². The van der Waals surface area contributed by atoms with Gasteiger partial charge in [-0.3, -0.25) is 0 Å². The Hall–Kier alpha value is -2.01. The molecule has 0 bridgehead atoms. The molecule has 3 heteroatoms. The Kier molecular flexibility index (Phi) is 5.08. The Labute approximate surface area is 132 Å². The molecule has 0 aromatic heterocycles. The number of methoxy groups -OCH3 is 1. The van der Waals surface area contributed by atoms with E-state index < -0.39 is 7.14 Å². The van der Waals surface area contributed by atoms with Crippen LogP contribution >= 0.6 is 7.14 Å². The van der Waals surface area contributed by atoms with E-state index in [0.29, 0.717) is 5.31 Å². The van der Waals surface area contributed by atoms with Crippen LogP contribution in [0.4, 0.5) is 0 Å². The van der Waals surface area contributed by atoms with Gasteiger partial charge in [-0.1, -0.05) is 50.8 Å². The average molecular weight is 312 g/mol. The van der Waals surface area contributed by atoms with Crippen molar-refractivity contribution in [1.82, 2.24) is 0 Å². The first kappa shape index (κ1) is 16.4. The van der Waals surface area contributed by atoms with E-state index in [2.05, 4.69) is 12.3 Å². The van der Waals surface area contributed by atoms with Crippen LogP contribution in [0.3, 0.4) is 0 Å². The summed E-state index contributed by atoms with van der Waals surface area (Å²) in [6, 6.07) is 17.2. The van der Waals surface area contributed by atoms with Gasteiger partial charge in [0.2, 0.25) is 0 Å². The van der Waals surface area contributed by atoms with Crippen LogP contribution in [0.2, 0.25) is 0 Å². The summed E-state index contributed by atoms with van der Waals surface area (Å²) in [5.74, 6) is 0.753. The van der Waals surface area contributed by atoms with E-state index in [4.69, 9.17) is 4.74 Å². The summed E-state index contributed by atoms with van der Waals surface area (Å²) in [5, 5.41) is 1.49. The summed E-state index contributed by atoms with van der Waals surface area (Å²) >= 11 is 0. The number of benzene rings is 2. The Morgan fingerprint density at radius 3 is 2.14 bits per heavy atom. The molecule has 22 heavy (non-hydrogen) atoms. The molecule has 2 aromatic rings. The van der Waals surface area contributed by atoms with E-state index in [9.17, 15) is 4.57 Å². The van der Waals surface area contributed by atoms with Gasteiger partial charge in [0.1, 0.15) is 5.75 Å². The van der Waals surface area contributed by atoms with Crippen molar-refractivity contribution < 1.29 is 9.30 Å². The van der Waals surface area contributed by atoms with Crippen LogP contribution in [-0.2, 0) is 4.57 Å². The molecule has 2 aromatic carbocycles. The second kappa shape index (κ2) is 6.83. The molecule has 0 heterocycles. The third-order valence-electron chi connectivity index (χ3n) is 3.73. The molecule has 0 aliphatic rings. The SMILES string of the molecule is C=C=C(c1ccccc1)[P@@](=O)(c1ccc(OC)cc1)C(C)C. The third-order valence-corrected chi connectivity index (χ3v) is 7.33. The Balaban J connectivity index is 2.61. The summed E-state index contributed by atoms with van der Waals surface area (Å²) in [6.07, 6.45) is 0. The van der Waals surface area contributed by atoms with Crippen molar-refractivity contribution in [3.8, 4) is 5.75 Å². The predicted octanol–water partition coefficient (Wildman–Crippen LogP) is 4.92. The monoisotopic (exact) mass is 312 g/mol. The molecule has 0 spiro atoms. The predicted molar refractivity (Wildman–Crippen MR) is 94.4 cm³/mol. The molecule has 0 unspecified atom stereocenters. The zero-order valence-corrected chi connectivity index (χ0v) is 14.1. The van der Waals surface area contributed by atoms with Gasteiger partial charge in [0.25, 0.3) is 0 Å². The average Bonchev–Trinajstić information content (AvgIpc) is 2.56. The summed E-state index contributed by atoms with van der Waals surface area (Å²) in [4.78, 5) is 0. The first-order valence-electron chi connectivity index (χ1n) is 7.24. The van der Waals surface area contributed by atoms with Gasteiger partial charge in [0.15, 0.2) is 7.14 Å². The molecule has 0 amide bonds. The normalized spacial score (nSPS) is 13.3. The molecule has 0 radical (unpaired) electrons. The van der Waals surface area contributed by atoms with Crippen molar-refractivity contribution >= 4 is 17.8 Å². The van der Waals surface area contributed by atoms with Gasteiger partial charge in [-0.2, -0.15) is 0 Å². The van der Waals surface area contributed by atoms with Crippen molar-refractivity contribution in [2.24, 2.45) is 0 Å². The fraction of sp³-hybridized carbons (Fsp3) is 0.211. The highest BCUT2D eigenvalue weighted by molar-refractivity contribution is 7.81. The van der Waals surface area contributed by atoms with Crippen LogP contribution in [0.1, 0.15) is 19.4 Å². The molecule has 0 fully saturated rings. The van der Waals surface area contributed by atoms with E-state index in [0.717, 1.165) is 16.6 Å². The topological polar surface area (TPSA) is 26.3 Å². The van der Waals surface area contributed by atoms with Gasteiger partial charge >= 0.3 is 0 Å². The minimum absolute atomic E-state index is 0.0367. The minimum Gasteiger partial charge on any atom is -0.497 e. The Morgan fingerprint density at radius 2 is 1.68 bits per heavy atom. The maximum absolute atomic E-state index is 13.9. The van der Waals surface area contributed by atoms with Gasteiger partial charge in [0.05, 0.1) is 12.4 Å². The summed E-state index contributed by atoms with van der Waals surface area (Å²) in [6.45, 7) is 7.74. The fourth-order valence-corrected chi connectivity index (χ4v) is 5.23. The standard InChI is InChI=1S/C19H21O2P/c1-5-19(16-9-7-6-8-10-16)22(20,15(2)3)18-13-11-17(21-4)12-14-18/h6-15H,1H2,2-4H3/t22-/m0/s1. The quantitative estimate of drug-likeness (QED) is 0.579. The van der Waals surface area contributed by atoms with Crippen LogP contribution in [-0.4, -0.2) is 12.8 Å². The van der Waals surface area contributed by atoms with Crippen molar-refractivity contribution in [2.75, 3.05) is 7.11 Å². The molecule has 0 aliphatic heterocycles. The van der Waals surface area contributed by atoms with Gasteiger partial charge in [-0.15, -0.1) is 5.73 Å². The zero-order chi connectivity index (χ0) is 16.2. The van der Waals surface area contributed by atoms with E-state index in [-0.39, 0.29) is 5.66 Å². The fourth-order valence-electron chi connectivity index (χ4n) is 2.50. The van der Waals surface area contributed by atoms with Crippen molar-refractivity contribution in [3.63, 3.8) is 0 Å². The van der Waals surface area contributed by atoms with Crippen LogP contribution in [0, 0.1) is 0 Å². The highest BCUT2D eigenvalue weighted by atomic mass is 31.2. The molecular weight excluding hydrogens is 291 g/mol. The third kappa shape index (κ3) is 2.95. The van der Waals surface area contributed by atoms with Crippen molar-refractivity contribution in [1.29, 1.82) is 0 Å². The molecule has 2 nitrogen and oxygen atoms in total. The smallest absolute Gasteiger partial charge is 0.153 e. The summed E-state index contributed by atoms with van der Waals surface area (Å²) in [7, 11) is -1.20. The maximum atomic E-state index is 13.9. The zero-order valence-electron chi connectivity index (χ0n) is 13.2. The Bertz CT molecular complexity index is 724. The first-order chi connectivity index (χ1) is 10.5. The molecule has 0 N–H and O–H groups in total. The largest absolute Gasteiger partial charge is 0.497 e. The molecular formula is C19H21O2P. The lowest BCUT2D eigenvalue weighted by atomic mass is 10.2. The molecule has 0 saturated heterocycles. The van der Waals surface area contributed by atoms with Crippen molar-refractivity contribution in [2.45, 2.75) is 19.5 Å². The summed E-state index contributed by atoms with van der Waals surface area (Å²) < 4.78 is 19.1. The van der Waals surface area contributed by atoms with Crippen LogP contribution in [0.25, 0.3) is 5.31 Å². The van der Waals surface area contributed by atoms with Crippen LogP contribution in [0.5, 0.6) is 5.75 Å². The van der Waals surface area contributed by atoms with Gasteiger partial charge in [-0.05, 0) is 29.8 Å². The second-order valence-electron chi connectivity index (χ2n) is 5.34. The van der Waals surface area contributed by atoms with Crippen LogP contribution in [0.15, 0.2) is 66.9 Å². The number of hydrogen-bond acceptors (Lipinski definition) is 2. The summed E-state index contributed by atoms with van der Waals surface area (Å²) in [5.41, 5.74) is 3.81. The molecule has 114 valence electrons. The Morgan fingerprint density at radius 1 is 1.09 bits per heavy atom. The van der Waals surface area contributed by atoms with Gasteiger partial charge < -0.3 is 9.30 Å². The molecule has 0 saturated carbocycles. The van der Waals surface area contributed by atoms with Gasteiger partial charge in [-0.25, -0.2) is 0 Å².